The maximum atomic E-state index is 10.1. The van der Waals surface area contributed by atoms with E-state index in [4.69, 9.17) is 15.2 Å². The molecule has 7 heteroatoms. The van der Waals surface area contributed by atoms with Crippen LogP contribution < -0.4 is 5.73 Å². The highest BCUT2D eigenvalue weighted by atomic mass is 79.9. The van der Waals surface area contributed by atoms with E-state index in [-0.39, 0.29) is 19.0 Å². The molecular formula is C17H17BrN4O2. The van der Waals surface area contributed by atoms with Crippen molar-refractivity contribution in [3.63, 3.8) is 0 Å². The van der Waals surface area contributed by atoms with Crippen molar-refractivity contribution in [2.24, 2.45) is 21.6 Å². The van der Waals surface area contributed by atoms with E-state index in [0.29, 0.717) is 0 Å². The summed E-state index contributed by atoms with van der Waals surface area (Å²) >= 11 is 3.51. The topological polar surface area (TPSA) is 104 Å². The minimum atomic E-state index is -1.56. The van der Waals surface area contributed by atoms with E-state index in [0.717, 1.165) is 10.0 Å². The van der Waals surface area contributed by atoms with Gasteiger partial charge < -0.3 is 15.2 Å². The maximum Gasteiger partial charge on any atom is 0.293 e. The number of halogens is 1. The summed E-state index contributed by atoms with van der Waals surface area (Å²) in [7, 11) is 0. The third-order valence-electron chi connectivity index (χ3n) is 4.82. The molecule has 1 aromatic rings. The monoisotopic (exact) mass is 388 g/mol. The molecule has 1 heterocycles. The maximum absolute atomic E-state index is 10.1. The predicted molar refractivity (Wildman–Crippen MR) is 90.6 cm³/mol. The van der Waals surface area contributed by atoms with Crippen LogP contribution in [-0.4, -0.2) is 25.0 Å². The van der Waals surface area contributed by atoms with E-state index in [9.17, 15) is 10.5 Å². The Morgan fingerprint density at radius 1 is 1.21 bits per heavy atom. The van der Waals surface area contributed by atoms with Crippen LogP contribution in [0.2, 0.25) is 0 Å². The van der Waals surface area contributed by atoms with Crippen molar-refractivity contribution < 1.29 is 9.47 Å². The van der Waals surface area contributed by atoms with Gasteiger partial charge in [0, 0.05) is 23.6 Å². The molecule has 2 N–H and O–H groups in total. The number of nitriles is 2. The molecule has 0 spiro atoms. The summed E-state index contributed by atoms with van der Waals surface area (Å²) in [5.74, 6) is -1.95. The Bertz CT molecular complexity index is 791. The summed E-state index contributed by atoms with van der Waals surface area (Å²) in [5.41, 5.74) is 4.40. The molecule has 1 aromatic carbocycles. The molecule has 24 heavy (non-hydrogen) atoms. The highest BCUT2D eigenvalue weighted by Gasteiger charge is 2.93. The second kappa shape index (κ2) is 5.56. The average molecular weight is 389 g/mol. The fraction of sp³-hybridized carbons (Fsp3) is 0.471. The van der Waals surface area contributed by atoms with Crippen molar-refractivity contribution in [1.29, 1.82) is 10.5 Å². The summed E-state index contributed by atoms with van der Waals surface area (Å²) in [6.45, 7) is 4.15. The Morgan fingerprint density at radius 3 is 2.33 bits per heavy atom. The number of amidine groups is 1. The first-order valence-corrected chi connectivity index (χ1v) is 8.51. The quantitative estimate of drug-likeness (QED) is 0.780. The molecule has 124 valence electrons. The first kappa shape index (κ1) is 16.9. The molecule has 6 nitrogen and oxygen atoms in total. The van der Waals surface area contributed by atoms with Gasteiger partial charge in [-0.2, -0.15) is 10.5 Å². The Kier molecular flexibility index (Phi) is 3.92. The van der Waals surface area contributed by atoms with Crippen LogP contribution in [0.4, 0.5) is 0 Å². The first-order valence-electron chi connectivity index (χ1n) is 7.72. The number of aliphatic imine (C=N–C) groups is 1. The minimum absolute atomic E-state index is 0.0919. The number of nitrogens with two attached hydrogens (primary N) is 1. The standard InChI is InChI=1S/C17H17BrN4O2/c1-3-23-17(24-4-2)16(10-20)13(11-7-5-6-8-12(11)18)15(16,9-19)14(21)22-17/h5-8,13H,3-4H2,1-2H3,(H2,21,22)/t13-,15-,16-/m1/s1. The van der Waals surface area contributed by atoms with E-state index in [1.165, 1.54) is 0 Å². The summed E-state index contributed by atoms with van der Waals surface area (Å²) in [4.78, 5) is 4.31. The fourth-order valence-electron chi connectivity index (χ4n) is 3.93. The van der Waals surface area contributed by atoms with Gasteiger partial charge in [0.05, 0.1) is 12.1 Å². The van der Waals surface area contributed by atoms with Gasteiger partial charge in [0.25, 0.3) is 5.91 Å². The van der Waals surface area contributed by atoms with Crippen LogP contribution in [0.25, 0.3) is 0 Å². The van der Waals surface area contributed by atoms with Crippen molar-refractivity contribution in [3.05, 3.63) is 34.3 Å². The van der Waals surface area contributed by atoms with Crippen molar-refractivity contribution in [3.8, 4) is 12.1 Å². The van der Waals surface area contributed by atoms with Gasteiger partial charge in [0.15, 0.2) is 5.41 Å². The second-order valence-electron chi connectivity index (χ2n) is 5.74. The SMILES string of the molecule is CCOC1(OCC)N=C(N)[C@@]2(C#N)[C@@H](c3ccccc3Br)[C@@]12C#N. The van der Waals surface area contributed by atoms with E-state index >= 15 is 0 Å². The second-order valence-corrected chi connectivity index (χ2v) is 6.59. The molecule has 3 rings (SSSR count). The van der Waals surface area contributed by atoms with Crippen LogP contribution in [0.15, 0.2) is 33.7 Å². The fourth-order valence-corrected chi connectivity index (χ4v) is 4.44. The largest absolute Gasteiger partial charge is 0.386 e. The van der Waals surface area contributed by atoms with Crippen molar-refractivity contribution in [2.75, 3.05) is 13.2 Å². The Balaban J connectivity index is 2.25. The highest BCUT2D eigenvalue weighted by molar-refractivity contribution is 9.10. The van der Waals surface area contributed by atoms with E-state index in [1.807, 2.05) is 24.3 Å². The van der Waals surface area contributed by atoms with Crippen LogP contribution in [0.1, 0.15) is 25.3 Å². The van der Waals surface area contributed by atoms with Gasteiger partial charge in [-0.25, -0.2) is 4.99 Å². The number of hydrogen-bond donors (Lipinski definition) is 1. The number of nitrogens with zero attached hydrogens (tertiary/aromatic N) is 3. The zero-order chi connectivity index (χ0) is 17.6. The van der Waals surface area contributed by atoms with E-state index in [1.54, 1.807) is 13.8 Å². The average Bonchev–Trinajstić information content (AvgIpc) is 3.14. The molecule has 1 saturated carbocycles. The number of fused-ring (bicyclic) bond motifs is 1. The lowest BCUT2D eigenvalue weighted by Gasteiger charge is -2.31. The zero-order valence-electron chi connectivity index (χ0n) is 13.4. The van der Waals surface area contributed by atoms with Crippen LogP contribution in [0, 0.1) is 33.5 Å². The third-order valence-corrected chi connectivity index (χ3v) is 5.55. The van der Waals surface area contributed by atoms with Crippen LogP contribution in [0.3, 0.4) is 0 Å². The molecule has 0 saturated heterocycles. The lowest BCUT2D eigenvalue weighted by molar-refractivity contribution is -0.255. The van der Waals surface area contributed by atoms with E-state index < -0.39 is 22.7 Å². The summed E-state index contributed by atoms with van der Waals surface area (Å²) in [6, 6.07) is 12.0. The summed E-state index contributed by atoms with van der Waals surface area (Å²) in [6.07, 6.45) is 0. The van der Waals surface area contributed by atoms with Crippen LogP contribution in [-0.2, 0) is 9.47 Å². The number of rotatable bonds is 5. The summed E-state index contributed by atoms with van der Waals surface area (Å²) in [5, 5.41) is 20.0. The molecule has 0 amide bonds. The van der Waals surface area contributed by atoms with Crippen molar-refractivity contribution in [1.82, 2.24) is 0 Å². The number of benzene rings is 1. The normalized spacial score (nSPS) is 32.4. The predicted octanol–water partition coefficient (Wildman–Crippen LogP) is 2.66. The molecule has 1 fully saturated rings. The third kappa shape index (κ3) is 1.67. The molecule has 2 aliphatic rings. The first-order chi connectivity index (χ1) is 11.5. The highest BCUT2D eigenvalue weighted by Crippen LogP contribution is 2.82. The Hall–Kier alpha value is -1.93. The van der Waals surface area contributed by atoms with Gasteiger partial charge in [0.2, 0.25) is 0 Å². The zero-order valence-corrected chi connectivity index (χ0v) is 15.0. The molecule has 0 aromatic heterocycles. The summed E-state index contributed by atoms with van der Waals surface area (Å²) < 4.78 is 12.4. The Labute approximate surface area is 149 Å². The Morgan fingerprint density at radius 2 is 1.83 bits per heavy atom. The van der Waals surface area contributed by atoms with Gasteiger partial charge >= 0.3 is 0 Å². The van der Waals surface area contributed by atoms with Gasteiger partial charge in [-0.05, 0) is 25.5 Å². The van der Waals surface area contributed by atoms with Crippen LogP contribution in [0.5, 0.6) is 0 Å². The van der Waals surface area contributed by atoms with E-state index in [2.05, 4.69) is 33.1 Å². The van der Waals surface area contributed by atoms with Crippen molar-refractivity contribution >= 4 is 21.8 Å². The molecule has 0 bridgehead atoms. The molecular weight excluding hydrogens is 372 g/mol. The van der Waals surface area contributed by atoms with Crippen LogP contribution >= 0.6 is 15.9 Å². The lowest BCUT2D eigenvalue weighted by atomic mass is 9.93. The number of ether oxygens (including phenoxy) is 2. The van der Waals surface area contributed by atoms with Gasteiger partial charge in [-0.15, -0.1) is 0 Å². The molecule has 1 aliphatic carbocycles. The molecule has 0 radical (unpaired) electrons. The smallest absolute Gasteiger partial charge is 0.293 e. The van der Waals surface area contributed by atoms with Gasteiger partial charge in [-0.3, -0.25) is 0 Å². The molecule has 3 atom stereocenters. The molecule has 1 aliphatic heterocycles. The molecule has 0 unspecified atom stereocenters. The minimum Gasteiger partial charge on any atom is -0.386 e. The van der Waals surface area contributed by atoms with Gasteiger partial charge in [-0.1, -0.05) is 34.1 Å². The van der Waals surface area contributed by atoms with Gasteiger partial charge in [0.1, 0.15) is 11.3 Å². The lowest BCUT2D eigenvalue weighted by Crippen LogP contribution is -2.43. The number of hydrogen-bond acceptors (Lipinski definition) is 6. The van der Waals surface area contributed by atoms with Crippen molar-refractivity contribution in [2.45, 2.75) is 25.7 Å².